The topological polar surface area (TPSA) is 61.1 Å². The Morgan fingerprint density at radius 1 is 1.50 bits per heavy atom. The highest BCUT2D eigenvalue weighted by Gasteiger charge is 2.04. The van der Waals surface area contributed by atoms with Crippen LogP contribution in [0.3, 0.4) is 0 Å². The molecule has 1 rings (SSSR count). The molecule has 0 radical (unpaired) electrons. The van der Waals surface area contributed by atoms with E-state index >= 15 is 0 Å². The van der Waals surface area contributed by atoms with Crippen LogP contribution in [0.25, 0.3) is 0 Å². The number of carbonyl (C=O) groups is 1. The van der Waals surface area contributed by atoms with Crippen LogP contribution in [0.1, 0.15) is 21.5 Å². The first-order chi connectivity index (χ1) is 5.63. The average Bonchev–Trinajstić information content (AvgIpc) is 2.03. The first-order valence-corrected chi connectivity index (χ1v) is 3.38. The fraction of sp³-hybridized carbons (Fsp3) is 0.111. The standard InChI is InChI=1S/C9H7NO2/c1-6-2-7(5-10)4-8(3-6)9(11)12/h2-4H,1H3,(H,11,12). The van der Waals surface area contributed by atoms with Crippen molar-refractivity contribution in [1.29, 1.82) is 5.26 Å². The summed E-state index contributed by atoms with van der Waals surface area (Å²) in [5.41, 5.74) is 1.32. The van der Waals surface area contributed by atoms with Crippen molar-refractivity contribution in [3.05, 3.63) is 34.9 Å². The van der Waals surface area contributed by atoms with Gasteiger partial charge in [-0.05, 0) is 30.7 Å². The molecule has 0 saturated carbocycles. The largest absolute Gasteiger partial charge is 0.478 e. The van der Waals surface area contributed by atoms with Crippen LogP contribution in [0, 0.1) is 18.3 Å². The summed E-state index contributed by atoms with van der Waals surface area (Å²) in [5, 5.41) is 17.1. The van der Waals surface area contributed by atoms with Gasteiger partial charge in [0.15, 0.2) is 0 Å². The first-order valence-electron chi connectivity index (χ1n) is 3.38. The van der Waals surface area contributed by atoms with E-state index < -0.39 is 5.97 Å². The highest BCUT2D eigenvalue weighted by Crippen LogP contribution is 2.08. The lowest BCUT2D eigenvalue weighted by atomic mass is 10.1. The Bertz CT molecular complexity index is 363. The highest BCUT2D eigenvalue weighted by atomic mass is 16.4. The summed E-state index contributed by atoms with van der Waals surface area (Å²) in [6, 6.07) is 6.43. The molecule has 1 aromatic carbocycles. The number of rotatable bonds is 1. The van der Waals surface area contributed by atoms with Crippen molar-refractivity contribution in [2.24, 2.45) is 0 Å². The van der Waals surface area contributed by atoms with Gasteiger partial charge in [-0.3, -0.25) is 0 Å². The van der Waals surface area contributed by atoms with Crippen LogP contribution in [-0.2, 0) is 0 Å². The van der Waals surface area contributed by atoms with E-state index in [1.165, 1.54) is 12.1 Å². The zero-order valence-electron chi connectivity index (χ0n) is 6.53. The summed E-state index contributed by atoms with van der Waals surface area (Å²) in [5.74, 6) is -1.00. The van der Waals surface area contributed by atoms with Crippen LogP contribution >= 0.6 is 0 Å². The molecule has 0 aliphatic rings. The van der Waals surface area contributed by atoms with Crippen molar-refractivity contribution in [2.75, 3.05) is 0 Å². The van der Waals surface area contributed by atoms with Crippen molar-refractivity contribution < 1.29 is 9.90 Å². The van der Waals surface area contributed by atoms with E-state index in [9.17, 15) is 4.79 Å². The molecule has 1 aromatic rings. The van der Waals surface area contributed by atoms with Gasteiger partial charge >= 0.3 is 5.97 Å². The molecule has 0 aromatic heterocycles. The lowest BCUT2D eigenvalue weighted by Crippen LogP contribution is -1.97. The molecule has 0 saturated heterocycles. The zero-order chi connectivity index (χ0) is 9.14. The van der Waals surface area contributed by atoms with Gasteiger partial charge in [-0.15, -0.1) is 0 Å². The van der Waals surface area contributed by atoms with Gasteiger partial charge in [0, 0.05) is 0 Å². The van der Waals surface area contributed by atoms with Crippen molar-refractivity contribution >= 4 is 5.97 Å². The van der Waals surface area contributed by atoms with Crippen LogP contribution in [0.5, 0.6) is 0 Å². The van der Waals surface area contributed by atoms with Crippen molar-refractivity contribution in [3.63, 3.8) is 0 Å². The molecule has 0 aliphatic carbocycles. The maximum atomic E-state index is 10.5. The average molecular weight is 161 g/mol. The molecule has 0 spiro atoms. The van der Waals surface area contributed by atoms with E-state index in [1.54, 1.807) is 13.0 Å². The predicted octanol–water partition coefficient (Wildman–Crippen LogP) is 1.56. The number of nitriles is 1. The number of hydrogen-bond acceptors (Lipinski definition) is 2. The van der Waals surface area contributed by atoms with E-state index in [2.05, 4.69) is 0 Å². The maximum absolute atomic E-state index is 10.5. The number of aromatic carboxylic acids is 1. The normalized spacial score (nSPS) is 9.00. The lowest BCUT2D eigenvalue weighted by molar-refractivity contribution is 0.0696. The van der Waals surface area contributed by atoms with Crippen molar-refractivity contribution in [2.45, 2.75) is 6.92 Å². The monoisotopic (exact) mass is 161 g/mol. The summed E-state index contributed by atoms with van der Waals surface area (Å²) in [6.07, 6.45) is 0. The maximum Gasteiger partial charge on any atom is 0.335 e. The summed E-state index contributed by atoms with van der Waals surface area (Å²) in [6.45, 7) is 1.76. The molecule has 3 nitrogen and oxygen atoms in total. The van der Waals surface area contributed by atoms with Crippen LogP contribution in [0.2, 0.25) is 0 Å². The van der Waals surface area contributed by atoms with Crippen LogP contribution < -0.4 is 0 Å². The van der Waals surface area contributed by atoms with Gasteiger partial charge in [-0.2, -0.15) is 5.26 Å². The summed E-state index contributed by atoms with van der Waals surface area (Å²) in [4.78, 5) is 10.5. The molecular formula is C9H7NO2. The molecule has 0 unspecified atom stereocenters. The zero-order valence-corrected chi connectivity index (χ0v) is 6.53. The smallest absolute Gasteiger partial charge is 0.335 e. The molecule has 0 fully saturated rings. The minimum absolute atomic E-state index is 0.159. The number of nitrogens with zero attached hydrogens (tertiary/aromatic N) is 1. The fourth-order valence-electron chi connectivity index (χ4n) is 0.971. The molecule has 0 amide bonds. The number of carboxylic acid groups (broad SMARTS) is 1. The Hall–Kier alpha value is -1.82. The summed E-state index contributed by atoms with van der Waals surface area (Å²) < 4.78 is 0. The van der Waals surface area contributed by atoms with Crippen LogP contribution in [0.4, 0.5) is 0 Å². The molecular weight excluding hydrogens is 154 g/mol. The van der Waals surface area contributed by atoms with Gasteiger partial charge in [-0.25, -0.2) is 4.79 Å². The Morgan fingerprint density at radius 3 is 2.67 bits per heavy atom. The third-order valence-electron chi connectivity index (χ3n) is 1.45. The van der Waals surface area contributed by atoms with Crippen LogP contribution in [0.15, 0.2) is 18.2 Å². The quantitative estimate of drug-likeness (QED) is 0.679. The van der Waals surface area contributed by atoms with Crippen molar-refractivity contribution in [1.82, 2.24) is 0 Å². The first kappa shape index (κ1) is 8.28. The summed E-state index contributed by atoms with van der Waals surface area (Å²) >= 11 is 0. The minimum Gasteiger partial charge on any atom is -0.478 e. The van der Waals surface area contributed by atoms with E-state index in [4.69, 9.17) is 10.4 Å². The molecule has 0 heterocycles. The van der Waals surface area contributed by atoms with Gasteiger partial charge in [0.1, 0.15) is 0 Å². The van der Waals surface area contributed by atoms with Gasteiger partial charge in [0.2, 0.25) is 0 Å². The predicted molar refractivity (Wildman–Crippen MR) is 42.9 cm³/mol. The fourth-order valence-corrected chi connectivity index (χ4v) is 0.971. The molecule has 0 atom stereocenters. The molecule has 1 N–H and O–H groups in total. The molecule has 0 aliphatic heterocycles. The van der Waals surface area contributed by atoms with Gasteiger partial charge < -0.3 is 5.11 Å². The third-order valence-corrected chi connectivity index (χ3v) is 1.45. The van der Waals surface area contributed by atoms with Gasteiger partial charge in [0.05, 0.1) is 17.2 Å². The molecule has 12 heavy (non-hydrogen) atoms. The van der Waals surface area contributed by atoms with Crippen molar-refractivity contribution in [3.8, 4) is 6.07 Å². The van der Waals surface area contributed by atoms with E-state index in [0.717, 1.165) is 5.56 Å². The summed E-state index contributed by atoms with van der Waals surface area (Å²) in [7, 11) is 0. The number of hydrogen-bond donors (Lipinski definition) is 1. The second-order valence-corrected chi connectivity index (χ2v) is 2.50. The number of aryl methyl sites for hydroxylation is 1. The second kappa shape index (κ2) is 3.05. The van der Waals surface area contributed by atoms with Gasteiger partial charge in [-0.1, -0.05) is 0 Å². The highest BCUT2D eigenvalue weighted by molar-refractivity contribution is 5.88. The molecule has 3 heteroatoms. The number of benzene rings is 1. The third kappa shape index (κ3) is 1.61. The second-order valence-electron chi connectivity index (χ2n) is 2.50. The lowest BCUT2D eigenvalue weighted by Gasteiger charge is -1.97. The Morgan fingerprint density at radius 2 is 2.17 bits per heavy atom. The molecule has 0 bridgehead atoms. The van der Waals surface area contributed by atoms with Crippen LogP contribution in [-0.4, -0.2) is 11.1 Å². The molecule has 60 valence electrons. The van der Waals surface area contributed by atoms with E-state index in [0.29, 0.717) is 5.56 Å². The Labute approximate surface area is 69.9 Å². The number of carboxylic acids is 1. The van der Waals surface area contributed by atoms with Gasteiger partial charge in [0.25, 0.3) is 0 Å². The SMILES string of the molecule is Cc1cc(C#N)cc(C(=O)O)c1. The minimum atomic E-state index is -1.00. The van der Waals surface area contributed by atoms with E-state index in [-0.39, 0.29) is 5.56 Å². The Kier molecular flexibility index (Phi) is 2.11. The van der Waals surface area contributed by atoms with E-state index in [1.807, 2.05) is 6.07 Å². The Balaban J connectivity index is 3.26.